The second kappa shape index (κ2) is 10.9. The summed E-state index contributed by atoms with van der Waals surface area (Å²) >= 11 is 6.33. The van der Waals surface area contributed by atoms with Gasteiger partial charge in [-0.3, -0.25) is 19.7 Å². The molecule has 2 amide bonds. The predicted octanol–water partition coefficient (Wildman–Crippen LogP) is 6.46. The maximum absolute atomic E-state index is 13.6. The highest BCUT2D eigenvalue weighted by atomic mass is 35.5. The number of nitro groups is 1. The van der Waals surface area contributed by atoms with Gasteiger partial charge in [0.2, 0.25) is 11.8 Å². The van der Waals surface area contributed by atoms with E-state index in [1.807, 2.05) is 6.92 Å². The minimum absolute atomic E-state index is 0.126. The van der Waals surface area contributed by atoms with Crippen LogP contribution in [0.25, 0.3) is 6.08 Å². The van der Waals surface area contributed by atoms with Gasteiger partial charge in [0, 0.05) is 18.1 Å². The van der Waals surface area contributed by atoms with Crippen molar-refractivity contribution >= 4 is 40.9 Å². The maximum Gasteiger partial charge on any atom is 0.271 e. The molecular weight excluding hydrogens is 520 g/mol. The summed E-state index contributed by atoms with van der Waals surface area (Å²) < 4.78 is 6.26. The van der Waals surface area contributed by atoms with Gasteiger partial charge in [-0.25, -0.2) is 4.90 Å². The predicted molar refractivity (Wildman–Crippen MR) is 148 cm³/mol. The summed E-state index contributed by atoms with van der Waals surface area (Å²) in [6, 6.07) is 10.6. The number of allylic oxidation sites excluding steroid dienone is 2. The van der Waals surface area contributed by atoms with Crippen LogP contribution >= 0.6 is 11.6 Å². The standard InChI is InChI=1S/C30H31ClN2O6/c1-3-5-18(13-19-9-10-22(34)15-25(19)31)8-11-26-27-17(2)12-23-28(24(27)16-39-26)30(36)32(29(23)35)20-6-4-7-21(14-20)33(37)38/h4,6-7,9-10,13-15,23-24,26,28,34H,3,5,8,11-12,16H2,1-2H3/b18-13+/t23-,24+,26-,28-/m1/s1. The third-order valence-electron chi connectivity index (χ3n) is 8.09. The fourth-order valence-electron chi connectivity index (χ4n) is 6.39. The summed E-state index contributed by atoms with van der Waals surface area (Å²) in [6.07, 6.45) is 5.84. The van der Waals surface area contributed by atoms with E-state index in [0.717, 1.165) is 47.3 Å². The number of phenols is 1. The van der Waals surface area contributed by atoms with E-state index in [9.17, 15) is 24.8 Å². The van der Waals surface area contributed by atoms with Gasteiger partial charge in [-0.05, 0) is 68.0 Å². The van der Waals surface area contributed by atoms with E-state index in [0.29, 0.717) is 18.1 Å². The molecule has 204 valence electrons. The van der Waals surface area contributed by atoms with Crippen LogP contribution < -0.4 is 4.90 Å². The second-order valence-corrected chi connectivity index (χ2v) is 11.0. The summed E-state index contributed by atoms with van der Waals surface area (Å²) in [5.74, 6) is -1.67. The molecule has 0 bridgehead atoms. The molecule has 3 aliphatic rings. The molecule has 2 heterocycles. The van der Waals surface area contributed by atoms with Crippen LogP contribution in [-0.4, -0.2) is 34.6 Å². The molecule has 0 saturated carbocycles. The van der Waals surface area contributed by atoms with Crippen LogP contribution in [0.1, 0.15) is 51.5 Å². The Balaban J connectivity index is 1.35. The van der Waals surface area contributed by atoms with Crippen molar-refractivity contribution in [3.63, 3.8) is 0 Å². The SMILES string of the molecule is CCC/C(=C\c1ccc(O)cc1Cl)CC[C@H]1OC[C@H]2C1=C(C)C[C@H]1C(=O)N(c3cccc([N+](=O)[O-])c3)C(=O)[C@H]12. The number of benzene rings is 2. The number of anilines is 1. The van der Waals surface area contributed by atoms with Gasteiger partial charge in [0.25, 0.3) is 5.69 Å². The Hall–Kier alpha value is -3.49. The highest BCUT2D eigenvalue weighted by molar-refractivity contribution is 6.32. The van der Waals surface area contributed by atoms with Gasteiger partial charge in [-0.1, -0.05) is 48.2 Å². The van der Waals surface area contributed by atoms with Gasteiger partial charge >= 0.3 is 0 Å². The van der Waals surface area contributed by atoms with E-state index in [-0.39, 0.29) is 41.0 Å². The normalized spacial score (nSPS) is 24.8. The minimum atomic E-state index is -0.530. The molecule has 2 aliphatic heterocycles. The van der Waals surface area contributed by atoms with Crippen molar-refractivity contribution in [2.75, 3.05) is 11.5 Å². The largest absolute Gasteiger partial charge is 0.508 e. The number of ether oxygens (including phenoxy) is 1. The molecule has 1 aliphatic carbocycles. The van der Waals surface area contributed by atoms with Gasteiger partial charge in [0.1, 0.15) is 5.75 Å². The van der Waals surface area contributed by atoms with Crippen LogP contribution in [0.15, 0.2) is 59.2 Å². The van der Waals surface area contributed by atoms with Crippen molar-refractivity contribution in [2.45, 2.75) is 52.1 Å². The summed E-state index contributed by atoms with van der Waals surface area (Å²) in [6.45, 7) is 4.52. The van der Waals surface area contributed by atoms with Crippen LogP contribution in [0, 0.1) is 27.9 Å². The summed E-state index contributed by atoms with van der Waals surface area (Å²) in [5.41, 5.74) is 4.38. The van der Waals surface area contributed by atoms with Gasteiger partial charge in [0.05, 0.1) is 40.2 Å². The number of nitrogens with zero attached hydrogens (tertiary/aromatic N) is 2. The molecule has 5 rings (SSSR count). The highest BCUT2D eigenvalue weighted by Crippen LogP contribution is 2.50. The number of carbonyl (C=O) groups excluding carboxylic acids is 2. The smallest absolute Gasteiger partial charge is 0.271 e. The Morgan fingerprint density at radius 3 is 2.69 bits per heavy atom. The number of rotatable bonds is 8. The third-order valence-corrected chi connectivity index (χ3v) is 8.42. The van der Waals surface area contributed by atoms with E-state index in [4.69, 9.17) is 16.3 Å². The monoisotopic (exact) mass is 550 g/mol. The van der Waals surface area contributed by atoms with E-state index >= 15 is 0 Å². The topological polar surface area (TPSA) is 110 Å². The van der Waals surface area contributed by atoms with Crippen LogP contribution in [-0.2, 0) is 14.3 Å². The quantitative estimate of drug-likeness (QED) is 0.175. The van der Waals surface area contributed by atoms with Crippen LogP contribution in [0.2, 0.25) is 5.02 Å². The zero-order chi connectivity index (χ0) is 27.8. The number of amides is 2. The molecule has 2 saturated heterocycles. The van der Waals surface area contributed by atoms with E-state index in [1.54, 1.807) is 18.2 Å². The molecule has 39 heavy (non-hydrogen) atoms. The fraction of sp³-hybridized carbons (Fsp3) is 0.400. The molecule has 9 heteroatoms. The molecule has 4 atom stereocenters. The van der Waals surface area contributed by atoms with Crippen molar-refractivity contribution in [1.82, 2.24) is 0 Å². The van der Waals surface area contributed by atoms with Gasteiger partial charge in [0.15, 0.2) is 0 Å². The maximum atomic E-state index is 13.6. The number of phenolic OH excluding ortho intramolecular Hbond substituents is 1. The summed E-state index contributed by atoms with van der Waals surface area (Å²) in [4.78, 5) is 38.9. The highest BCUT2D eigenvalue weighted by Gasteiger charge is 2.56. The number of carbonyl (C=O) groups is 2. The lowest BCUT2D eigenvalue weighted by Crippen LogP contribution is -2.34. The first-order chi connectivity index (χ1) is 18.7. The lowest BCUT2D eigenvalue weighted by molar-refractivity contribution is -0.384. The molecule has 0 unspecified atom stereocenters. The lowest BCUT2D eigenvalue weighted by Gasteiger charge is -2.30. The molecular formula is C30H31ClN2O6. The first-order valence-corrected chi connectivity index (χ1v) is 13.7. The van der Waals surface area contributed by atoms with E-state index in [2.05, 4.69) is 13.0 Å². The molecule has 0 spiro atoms. The van der Waals surface area contributed by atoms with Gasteiger partial charge in [-0.2, -0.15) is 0 Å². The number of hydrogen-bond acceptors (Lipinski definition) is 6. The van der Waals surface area contributed by atoms with Crippen molar-refractivity contribution in [3.8, 4) is 5.75 Å². The van der Waals surface area contributed by atoms with Crippen LogP contribution in [0.3, 0.4) is 0 Å². The molecule has 0 aromatic heterocycles. The number of hydrogen-bond donors (Lipinski definition) is 1. The summed E-state index contributed by atoms with van der Waals surface area (Å²) in [5, 5.41) is 21.4. The molecule has 2 fully saturated rings. The van der Waals surface area contributed by atoms with E-state index < -0.39 is 16.8 Å². The number of halogens is 1. The number of non-ortho nitro benzene ring substituents is 1. The fourth-order valence-corrected chi connectivity index (χ4v) is 6.62. The zero-order valence-corrected chi connectivity index (χ0v) is 22.7. The number of nitro benzene ring substituents is 1. The molecule has 2 aromatic rings. The third kappa shape index (κ3) is 5.11. The van der Waals surface area contributed by atoms with Crippen LogP contribution in [0.5, 0.6) is 5.75 Å². The molecule has 2 aromatic carbocycles. The number of fused-ring (bicyclic) bond motifs is 3. The average molecular weight is 551 g/mol. The number of imide groups is 1. The Labute approximate surface area is 232 Å². The Morgan fingerprint density at radius 2 is 1.97 bits per heavy atom. The summed E-state index contributed by atoms with van der Waals surface area (Å²) in [7, 11) is 0. The average Bonchev–Trinajstić information content (AvgIpc) is 3.43. The van der Waals surface area contributed by atoms with E-state index in [1.165, 1.54) is 29.8 Å². The van der Waals surface area contributed by atoms with Crippen molar-refractivity contribution in [2.24, 2.45) is 17.8 Å². The Bertz CT molecular complexity index is 1400. The van der Waals surface area contributed by atoms with Gasteiger partial charge < -0.3 is 9.84 Å². The molecule has 8 nitrogen and oxygen atoms in total. The molecule has 1 N–H and O–H groups in total. The van der Waals surface area contributed by atoms with Crippen molar-refractivity contribution < 1.29 is 24.4 Å². The first-order valence-electron chi connectivity index (χ1n) is 13.3. The van der Waals surface area contributed by atoms with Gasteiger partial charge in [-0.15, -0.1) is 0 Å². The van der Waals surface area contributed by atoms with Crippen molar-refractivity contribution in [3.05, 3.63) is 79.9 Å². The van der Waals surface area contributed by atoms with Crippen molar-refractivity contribution in [1.29, 1.82) is 0 Å². The molecule has 0 radical (unpaired) electrons. The van der Waals surface area contributed by atoms with Crippen LogP contribution in [0.4, 0.5) is 11.4 Å². The Morgan fingerprint density at radius 1 is 1.18 bits per heavy atom. The lowest BCUT2D eigenvalue weighted by atomic mass is 9.70. The minimum Gasteiger partial charge on any atom is -0.508 e. The second-order valence-electron chi connectivity index (χ2n) is 10.6. The Kier molecular flexibility index (Phi) is 7.60. The first kappa shape index (κ1) is 27.1. The zero-order valence-electron chi connectivity index (χ0n) is 21.9. The number of aromatic hydroxyl groups is 1.